The first kappa shape index (κ1) is 18.3. The normalized spacial score (nSPS) is 12.8. The van der Waals surface area contributed by atoms with Crippen molar-refractivity contribution in [2.45, 2.75) is 39.0 Å². The molecule has 1 N–H and O–H groups in total. The minimum atomic E-state index is -3.19. The standard InChI is InChI=1S/C18H23NO4S/c1-12-5-6-15(13(2)9-12)10-14(3)19-18(20)17-8-7-16(23-17)11-24(4,21)22/h5-9,14H,10-11H2,1-4H3,(H,19,20)/t14-/m1/s1. The average molecular weight is 349 g/mol. The molecule has 1 amide bonds. The Kier molecular flexibility index (Phi) is 5.49. The first-order valence-electron chi connectivity index (χ1n) is 7.77. The zero-order valence-electron chi connectivity index (χ0n) is 14.4. The Labute approximate surface area is 143 Å². The highest BCUT2D eigenvalue weighted by Gasteiger charge is 2.16. The van der Waals surface area contributed by atoms with E-state index in [9.17, 15) is 13.2 Å². The van der Waals surface area contributed by atoms with Gasteiger partial charge in [-0.3, -0.25) is 4.79 Å². The van der Waals surface area contributed by atoms with E-state index >= 15 is 0 Å². The number of amides is 1. The molecule has 1 heterocycles. The Bertz CT molecular complexity index is 836. The molecule has 0 saturated carbocycles. The summed E-state index contributed by atoms with van der Waals surface area (Å²) in [5, 5.41) is 2.88. The monoisotopic (exact) mass is 349 g/mol. The van der Waals surface area contributed by atoms with Gasteiger partial charge >= 0.3 is 0 Å². The van der Waals surface area contributed by atoms with Crippen molar-refractivity contribution in [2.75, 3.05) is 6.26 Å². The summed E-state index contributed by atoms with van der Waals surface area (Å²) in [6.07, 6.45) is 1.84. The molecule has 1 atom stereocenters. The second-order valence-corrected chi connectivity index (χ2v) is 8.48. The van der Waals surface area contributed by atoms with Crippen LogP contribution in [-0.4, -0.2) is 26.6 Å². The zero-order valence-corrected chi connectivity index (χ0v) is 15.2. The quantitative estimate of drug-likeness (QED) is 0.870. The van der Waals surface area contributed by atoms with Crippen LogP contribution < -0.4 is 5.32 Å². The van der Waals surface area contributed by atoms with Gasteiger partial charge in [0.2, 0.25) is 0 Å². The lowest BCUT2D eigenvalue weighted by Crippen LogP contribution is -2.34. The molecule has 0 aliphatic carbocycles. The largest absolute Gasteiger partial charge is 0.455 e. The van der Waals surface area contributed by atoms with Crippen LogP contribution in [0.4, 0.5) is 0 Å². The van der Waals surface area contributed by atoms with Crippen molar-refractivity contribution >= 4 is 15.7 Å². The van der Waals surface area contributed by atoms with Crippen LogP contribution in [-0.2, 0) is 22.0 Å². The summed E-state index contributed by atoms with van der Waals surface area (Å²) in [5.41, 5.74) is 3.59. The van der Waals surface area contributed by atoms with Crippen molar-refractivity contribution in [1.82, 2.24) is 5.32 Å². The molecule has 0 saturated heterocycles. The van der Waals surface area contributed by atoms with Crippen molar-refractivity contribution in [3.05, 3.63) is 58.5 Å². The van der Waals surface area contributed by atoms with Crippen LogP contribution in [0.2, 0.25) is 0 Å². The Morgan fingerprint density at radius 3 is 2.54 bits per heavy atom. The van der Waals surface area contributed by atoms with Gasteiger partial charge in [-0.25, -0.2) is 8.42 Å². The fraction of sp³-hybridized carbons (Fsp3) is 0.389. The molecular weight excluding hydrogens is 326 g/mol. The van der Waals surface area contributed by atoms with Gasteiger partial charge in [0.05, 0.1) is 0 Å². The number of carbonyl (C=O) groups is 1. The summed E-state index contributed by atoms with van der Waals surface area (Å²) in [6, 6.07) is 9.20. The van der Waals surface area contributed by atoms with Gasteiger partial charge in [-0.2, -0.15) is 0 Å². The van der Waals surface area contributed by atoms with Crippen LogP contribution in [0.15, 0.2) is 34.7 Å². The van der Waals surface area contributed by atoms with Gasteiger partial charge in [-0.1, -0.05) is 23.8 Å². The van der Waals surface area contributed by atoms with Crippen LogP contribution in [0.3, 0.4) is 0 Å². The molecule has 24 heavy (non-hydrogen) atoms. The third-order valence-electron chi connectivity index (χ3n) is 3.69. The first-order chi connectivity index (χ1) is 11.1. The van der Waals surface area contributed by atoms with Gasteiger partial charge in [0.25, 0.3) is 5.91 Å². The van der Waals surface area contributed by atoms with Crippen LogP contribution in [0, 0.1) is 13.8 Å². The minimum Gasteiger partial charge on any atom is -0.455 e. The third-order valence-corrected chi connectivity index (χ3v) is 4.50. The van der Waals surface area contributed by atoms with Crippen molar-refractivity contribution in [1.29, 1.82) is 0 Å². The second-order valence-electron chi connectivity index (χ2n) is 6.34. The molecule has 0 unspecified atom stereocenters. The van der Waals surface area contributed by atoms with E-state index in [1.54, 1.807) is 0 Å². The molecular formula is C18H23NO4S. The SMILES string of the molecule is Cc1ccc(C[C@@H](C)NC(=O)c2ccc(CS(C)(=O)=O)o2)c(C)c1. The molecule has 1 aromatic heterocycles. The highest BCUT2D eigenvalue weighted by molar-refractivity contribution is 7.89. The Hall–Kier alpha value is -2.08. The number of aryl methyl sites for hydroxylation is 2. The maximum atomic E-state index is 12.2. The molecule has 0 radical (unpaired) electrons. The van der Waals surface area contributed by atoms with Gasteiger partial charge in [-0.05, 0) is 50.5 Å². The van der Waals surface area contributed by atoms with Crippen LogP contribution in [0.5, 0.6) is 0 Å². The number of nitrogens with one attached hydrogen (secondary N) is 1. The van der Waals surface area contributed by atoms with E-state index in [-0.39, 0.29) is 29.2 Å². The van der Waals surface area contributed by atoms with Gasteiger partial charge in [0, 0.05) is 12.3 Å². The second kappa shape index (κ2) is 7.21. The molecule has 0 aliphatic rings. The highest BCUT2D eigenvalue weighted by Crippen LogP contribution is 2.14. The van der Waals surface area contributed by atoms with Crippen molar-refractivity contribution in [2.24, 2.45) is 0 Å². The summed E-state index contributed by atoms with van der Waals surface area (Å²) in [4.78, 5) is 12.2. The number of hydrogen-bond donors (Lipinski definition) is 1. The topological polar surface area (TPSA) is 76.4 Å². The molecule has 1 aromatic carbocycles. The molecule has 0 spiro atoms. The molecule has 0 aliphatic heterocycles. The maximum absolute atomic E-state index is 12.2. The Morgan fingerprint density at radius 1 is 1.21 bits per heavy atom. The Balaban J connectivity index is 1.98. The molecule has 6 heteroatoms. The average Bonchev–Trinajstić information content (AvgIpc) is 2.88. The number of hydrogen-bond acceptors (Lipinski definition) is 4. The van der Waals surface area contributed by atoms with Gasteiger partial charge in [0.1, 0.15) is 11.5 Å². The van der Waals surface area contributed by atoms with E-state index in [1.165, 1.54) is 28.8 Å². The maximum Gasteiger partial charge on any atom is 0.287 e. The third kappa shape index (κ3) is 5.23. The first-order valence-corrected chi connectivity index (χ1v) is 9.83. The molecule has 5 nitrogen and oxygen atoms in total. The number of sulfone groups is 1. The lowest BCUT2D eigenvalue weighted by atomic mass is 10.00. The van der Waals surface area contributed by atoms with E-state index in [2.05, 4.69) is 30.4 Å². The van der Waals surface area contributed by atoms with Crippen LogP contribution in [0.25, 0.3) is 0 Å². The number of carbonyl (C=O) groups excluding carboxylic acids is 1. The predicted molar refractivity (Wildman–Crippen MR) is 93.8 cm³/mol. The number of furan rings is 1. The smallest absolute Gasteiger partial charge is 0.287 e. The summed E-state index contributed by atoms with van der Waals surface area (Å²) in [7, 11) is -3.19. The highest BCUT2D eigenvalue weighted by atomic mass is 32.2. The minimum absolute atomic E-state index is 0.0673. The van der Waals surface area contributed by atoms with Crippen molar-refractivity contribution < 1.29 is 17.6 Å². The van der Waals surface area contributed by atoms with Gasteiger partial charge in [-0.15, -0.1) is 0 Å². The lowest BCUT2D eigenvalue weighted by molar-refractivity contribution is 0.0910. The lowest BCUT2D eigenvalue weighted by Gasteiger charge is -2.15. The van der Waals surface area contributed by atoms with Gasteiger partial charge in [0.15, 0.2) is 15.6 Å². The van der Waals surface area contributed by atoms with E-state index in [0.717, 1.165) is 12.7 Å². The molecule has 0 bridgehead atoms. The fourth-order valence-corrected chi connectivity index (χ4v) is 3.26. The van der Waals surface area contributed by atoms with Crippen molar-refractivity contribution in [3.63, 3.8) is 0 Å². The molecule has 2 rings (SSSR count). The van der Waals surface area contributed by atoms with E-state index in [4.69, 9.17) is 4.42 Å². The summed E-state index contributed by atoms with van der Waals surface area (Å²) < 4.78 is 27.8. The van der Waals surface area contributed by atoms with E-state index in [1.807, 2.05) is 13.8 Å². The van der Waals surface area contributed by atoms with Gasteiger partial charge < -0.3 is 9.73 Å². The Morgan fingerprint density at radius 2 is 1.92 bits per heavy atom. The van der Waals surface area contributed by atoms with Crippen LogP contribution in [0.1, 0.15) is 39.9 Å². The van der Waals surface area contributed by atoms with E-state index < -0.39 is 9.84 Å². The van der Waals surface area contributed by atoms with Crippen molar-refractivity contribution in [3.8, 4) is 0 Å². The summed E-state index contributed by atoms with van der Waals surface area (Å²) in [6.45, 7) is 6.03. The number of rotatable bonds is 6. The van der Waals surface area contributed by atoms with E-state index in [0.29, 0.717) is 0 Å². The zero-order chi connectivity index (χ0) is 17.9. The molecule has 2 aromatic rings. The predicted octanol–water partition coefficient (Wildman–Crippen LogP) is 2.80. The van der Waals surface area contributed by atoms with Crippen LogP contribution >= 0.6 is 0 Å². The summed E-state index contributed by atoms with van der Waals surface area (Å²) in [5.74, 6) is -0.156. The fourth-order valence-electron chi connectivity index (χ4n) is 2.59. The molecule has 130 valence electrons. The summed E-state index contributed by atoms with van der Waals surface area (Å²) >= 11 is 0. The number of benzene rings is 1. The molecule has 0 fully saturated rings.